The first-order valence-corrected chi connectivity index (χ1v) is 7.60. The average Bonchev–Trinajstić information content (AvgIpc) is 2.35. The topological polar surface area (TPSA) is 72.2 Å². The third-order valence-electron chi connectivity index (χ3n) is 3.30. The van der Waals surface area contributed by atoms with Crippen LogP contribution < -0.4 is 10.5 Å². The zero-order valence-electron chi connectivity index (χ0n) is 10.3. The molecule has 0 radical (unpaired) electrons. The van der Waals surface area contributed by atoms with Crippen LogP contribution in [0, 0.1) is 11.6 Å². The third kappa shape index (κ3) is 3.29. The van der Waals surface area contributed by atoms with Gasteiger partial charge in [0.25, 0.3) is 0 Å². The van der Waals surface area contributed by atoms with Crippen LogP contribution in [0.15, 0.2) is 23.1 Å². The van der Waals surface area contributed by atoms with Crippen molar-refractivity contribution >= 4 is 10.0 Å². The summed E-state index contributed by atoms with van der Waals surface area (Å²) in [4.78, 5) is -0.651. The molecule has 1 aliphatic carbocycles. The summed E-state index contributed by atoms with van der Waals surface area (Å²) in [5.41, 5.74) is 5.73. The van der Waals surface area contributed by atoms with Crippen LogP contribution >= 0.6 is 0 Å². The molecule has 1 fully saturated rings. The summed E-state index contributed by atoms with van der Waals surface area (Å²) in [7, 11) is -4.04. The fraction of sp³-hybridized carbons (Fsp3) is 0.500. The van der Waals surface area contributed by atoms with Crippen LogP contribution in [0.2, 0.25) is 0 Å². The monoisotopic (exact) mass is 290 g/mol. The lowest BCUT2D eigenvalue weighted by molar-refractivity contribution is 0.372. The van der Waals surface area contributed by atoms with Crippen LogP contribution in [-0.2, 0) is 10.0 Å². The molecule has 106 valence electrons. The maximum atomic E-state index is 13.5. The lowest BCUT2D eigenvalue weighted by Gasteiger charge is -2.26. The summed E-state index contributed by atoms with van der Waals surface area (Å²) >= 11 is 0. The van der Waals surface area contributed by atoms with E-state index >= 15 is 0 Å². The largest absolute Gasteiger partial charge is 0.328 e. The number of rotatable bonds is 3. The van der Waals surface area contributed by atoms with E-state index in [1.54, 1.807) is 0 Å². The SMILES string of the molecule is NC1CCC(NS(=O)(=O)c2cccc(F)c2F)CC1. The normalized spacial score (nSPS) is 24.4. The molecule has 0 unspecified atom stereocenters. The van der Waals surface area contributed by atoms with Crippen molar-refractivity contribution in [1.29, 1.82) is 0 Å². The Morgan fingerprint density at radius 1 is 1.16 bits per heavy atom. The number of sulfonamides is 1. The van der Waals surface area contributed by atoms with Gasteiger partial charge in [-0.1, -0.05) is 6.07 Å². The Morgan fingerprint density at radius 3 is 2.42 bits per heavy atom. The predicted octanol–water partition coefficient (Wildman–Crippen LogP) is 1.51. The van der Waals surface area contributed by atoms with Crippen LogP contribution in [0.1, 0.15) is 25.7 Å². The molecule has 0 saturated heterocycles. The zero-order valence-corrected chi connectivity index (χ0v) is 11.1. The Morgan fingerprint density at radius 2 is 1.79 bits per heavy atom. The second-order valence-corrected chi connectivity index (χ2v) is 6.47. The second kappa shape index (κ2) is 5.52. The lowest BCUT2D eigenvalue weighted by Crippen LogP contribution is -2.40. The first kappa shape index (κ1) is 14.4. The van der Waals surface area contributed by atoms with Gasteiger partial charge in [-0.2, -0.15) is 0 Å². The number of hydrogen-bond donors (Lipinski definition) is 2. The molecule has 0 heterocycles. The third-order valence-corrected chi connectivity index (χ3v) is 4.84. The molecule has 0 amide bonds. The molecule has 19 heavy (non-hydrogen) atoms. The summed E-state index contributed by atoms with van der Waals surface area (Å²) in [5.74, 6) is -2.52. The average molecular weight is 290 g/mol. The number of benzene rings is 1. The van der Waals surface area contributed by atoms with Crippen molar-refractivity contribution in [3.63, 3.8) is 0 Å². The van der Waals surface area contributed by atoms with Gasteiger partial charge in [-0.25, -0.2) is 21.9 Å². The van der Waals surface area contributed by atoms with E-state index in [1.165, 1.54) is 6.07 Å². The van der Waals surface area contributed by atoms with Gasteiger partial charge in [-0.3, -0.25) is 0 Å². The minimum absolute atomic E-state index is 0.0895. The highest BCUT2D eigenvalue weighted by atomic mass is 32.2. The Labute approximate surface area is 111 Å². The van der Waals surface area contributed by atoms with Crippen molar-refractivity contribution in [3.8, 4) is 0 Å². The minimum Gasteiger partial charge on any atom is -0.328 e. The zero-order chi connectivity index (χ0) is 14.0. The van der Waals surface area contributed by atoms with E-state index in [2.05, 4.69) is 4.72 Å². The Hall–Kier alpha value is -1.05. The number of nitrogens with one attached hydrogen (secondary N) is 1. The highest BCUT2D eigenvalue weighted by molar-refractivity contribution is 7.89. The molecule has 1 aromatic carbocycles. The molecule has 0 atom stereocenters. The van der Waals surface area contributed by atoms with Crippen LogP contribution in [0.3, 0.4) is 0 Å². The van der Waals surface area contributed by atoms with Crippen molar-refractivity contribution in [2.75, 3.05) is 0 Å². The van der Waals surface area contributed by atoms with E-state index in [4.69, 9.17) is 5.73 Å². The quantitative estimate of drug-likeness (QED) is 0.886. The summed E-state index contributed by atoms with van der Waals surface area (Å²) in [6.45, 7) is 0. The maximum absolute atomic E-state index is 13.5. The van der Waals surface area contributed by atoms with Crippen molar-refractivity contribution in [1.82, 2.24) is 4.72 Å². The van der Waals surface area contributed by atoms with Gasteiger partial charge < -0.3 is 5.73 Å². The highest BCUT2D eigenvalue weighted by Crippen LogP contribution is 2.21. The van der Waals surface area contributed by atoms with Gasteiger partial charge in [-0.05, 0) is 37.8 Å². The fourth-order valence-electron chi connectivity index (χ4n) is 2.21. The Balaban J connectivity index is 2.16. The molecule has 0 aromatic heterocycles. The Bertz CT molecular complexity index is 555. The van der Waals surface area contributed by atoms with E-state index in [9.17, 15) is 17.2 Å². The van der Waals surface area contributed by atoms with Gasteiger partial charge >= 0.3 is 0 Å². The molecule has 1 aromatic rings. The van der Waals surface area contributed by atoms with Gasteiger partial charge in [0.2, 0.25) is 10.0 Å². The smallest absolute Gasteiger partial charge is 0.243 e. The molecule has 3 N–H and O–H groups in total. The fourth-order valence-corrected chi connectivity index (χ4v) is 3.60. The summed E-state index contributed by atoms with van der Waals surface area (Å²) in [6, 6.07) is 2.92. The lowest BCUT2D eigenvalue weighted by atomic mass is 9.93. The molecular formula is C12H16F2N2O2S. The van der Waals surface area contributed by atoms with Gasteiger partial charge in [0.1, 0.15) is 4.90 Å². The summed E-state index contributed by atoms with van der Waals surface area (Å²) < 4.78 is 53.0. The van der Waals surface area contributed by atoms with Gasteiger partial charge in [-0.15, -0.1) is 0 Å². The van der Waals surface area contributed by atoms with Crippen molar-refractivity contribution in [3.05, 3.63) is 29.8 Å². The maximum Gasteiger partial charge on any atom is 0.243 e. The highest BCUT2D eigenvalue weighted by Gasteiger charge is 2.27. The molecule has 0 aliphatic heterocycles. The molecule has 4 nitrogen and oxygen atoms in total. The molecule has 7 heteroatoms. The summed E-state index contributed by atoms with van der Waals surface area (Å²) in [5, 5.41) is 0. The Kier molecular flexibility index (Phi) is 4.17. The molecule has 1 saturated carbocycles. The first-order valence-electron chi connectivity index (χ1n) is 6.12. The molecule has 0 bridgehead atoms. The molecule has 0 spiro atoms. The second-order valence-electron chi connectivity index (χ2n) is 4.78. The van der Waals surface area contributed by atoms with Gasteiger partial charge in [0, 0.05) is 12.1 Å². The first-order chi connectivity index (χ1) is 8.90. The number of hydrogen-bond acceptors (Lipinski definition) is 3. The molecule has 2 rings (SSSR count). The van der Waals surface area contributed by atoms with E-state index in [0.29, 0.717) is 12.8 Å². The van der Waals surface area contributed by atoms with Crippen LogP contribution in [0.5, 0.6) is 0 Å². The van der Waals surface area contributed by atoms with Crippen molar-refractivity contribution in [2.24, 2.45) is 5.73 Å². The van der Waals surface area contributed by atoms with Crippen LogP contribution in [0.4, 0.5) is 8.78 Å². The van der Waals surface area contributed by atoms with Crippen LogP contribution in [-0.4, -0.2) is 20.5 Å². The van der Waals surface area contributed by atoms with Crippen molar-refractivity contribution in [2.45, 2.75) is 42.7 Å². The predicted molar refractivity (Wildman–Crippen MR) is 66.9 cm³/mol. The summed E-state index contributed by atoms with van der Waals surface area (Å²) in [6.07, 6.45) is 2.66. The van der Waals surface area contributed by atoms with Crippen LogP contribution in [0.25, 0.3) is 0 Å². The number of halogens is 2. The molecule has 1 aliphatic rings. The number of nitrogens with two attached hydrogens (primary N) is 1. The van der Waals surface area contributed by atoms with Gasteiger partial charge in [0.05, 0.1) is 0 Å². The standard InChI is InChI=1S/C12H16F2N2O2S/c13-10-2-1-3-11(12(10)14)19(17,18)16-9-6-4-8(15)5-7-9/h1-3,8-9,16H,4-7,15H2. The molecular weight excluding hydrogens is 274 g/mol. The van der Waals surface area contributed by atoms with E-state index in [0.717, 1.165) is 25.0 Å². The minimum atomic E-state index is -4.04. The van der Waals surface area contributed by atoms with Gasteiger partial charge in [0.15, 0.2) is 11.6 Å². The van der Waals surface area contributed by atoms with Crippen molar-refractivity contribution < 1.29 is 17.2 Å². The van der Waals surface area contributed by atoms with E-state index < -0.39 is 26.6 Å². The van der Waals surface area contributed by atoms with E-state index in [1.807, 2.05) is 0 Å². The van der Waals surface area contributed by atoms with E-state index in [-0.39, 0.29) is 12.1 Å².